The van der Waals surface area contributed by atoms with Crippen molar-refractivity contribution in [2.24, 2.45) is 5.84 Å². The number of amides is 2. The maximum Gasteiger partial charge on any atom is 0.408 e. The molecule has 0 aliphatic carbocycles. The van der Waals surface area contributed by atoms with Crippen LogP contribution in [0.2, 0.25) is 0 Å². The molecule has 8 heteroatoms. The Morgan fingerprint density at radius 3 is 2.36 bits per heavy atom. The van der Waals surface area contributed by atoms with Crippen LogP contribution >= 0.6 is 0 Å². The molecule has 0 aromatic heterocycles. The Hall–Kier alpha value is -2.61. The number of ether oxygens (including phenoxy) is 2. The normalized spacial score (nSPS) is 12.0. The van der Waals surface area contributed by atoms with Gasteiger partial charge in [0.1, 0.15) is 18.2 Å². The SMILES string of the molecule is CC(C)(C)OC(=O)CC[C@H](NC(=O)OCc1ccccc1)C(=O)NN. The molecule has 0 heterocycles. The highest BCUT2D eigenvalue weighted by molar-refractivity contribution is 5.85. The van der Waals surface area contributed by atoms with Gasteiger partial charge in [-0.1, -0.05) is 30.3 Å². The third-order valence-electron chi connectivity index (χ3n) is 3.02. The van der Waals surface area contributed by atoms with E-state index in [1.165, 1.54) is 0 Å². The summed E-state index contributed by atoms with van der Waals surface area (Å²) in [7, 11) is 0. The second kappa shape index (κ2) is 9.63. The number of hydrogen-bond donors (Lipinski definition) is 3. The number of alkyl carbamates (subject to hydrolysis) is 1. The van der Waals surface area contributed by atoms with Gasteiger partial charge in [0.25, 0.3) is 5.91 Å². The van der Waals surface area contributed by atoms with Crippen molar-refractivity contribution in [3.05, 3.63) is 35.9 Å². The number of hydrazine groups is 1. The van der Waals surface area contributed by atoms with Gasteiger partial charge in [-0.15, -0.1) is 0 Å². The Labute approximate surface area is 147 Å². The molecule has 0 radical (unpaired) electrons. The lowest BCUT2D eigenvalue weighted by atomic mass is 10.1. The van der Waals surface area contributed by atoms with E-state index in [1.54, 1.807) is 32.9 Å². The Morgan fingerprint density at radius 1 is 1.16 bits per heavy atom. The first-order valence-corrected chi connectivity index (χ1v) is 7.91. The summed E-state index contributed by atoms with van der Waals surface area (Å²) >= 11 is 0. The molecule has 1 atom stereocenters. The molecule has 0 unspecified atom stereocenters. The highest BCUT2D eigenvalue weighted by Gasteiger charge is 2.24. The average Bonchev–Trinajstić information content (AvgIpc) is 2.55. The van der Waals surface area contributed by atoms with Gasteiger partial charge in [0.15, 0.2) is 0 Å². The van der Waals surface area contributed by atoms with Crippen LogP contribution in [0.25, 0.3) is 0 Å². The fourth-order valence-corrected chi connectivity index (χ4v) is 1.93. The van der Waals surface area contributed by atoms with Crippen molar-refractivity contribution < 1.29 is 23.9 Å². The van der Waals surface area contributed by atoms with Crippen molar-refractivity contribution in [3.63, 3.8) is 0 Å². The van der Waals surface area contributed by atoms with Crippen molar-refractivity contribution in [1.82, 2.24) is 10.7 Å². The number of hydrogen-bond acceptors (Lipinski definition) is 6. The fourth-order valence-electron chi connectivity index (χ4n) is 1.93. The van der Waals surface area contributed by atoms with E-state index in [0.29, 0.717) is 0 Å². The van der Waals surface area contributed by atoms with Crippen molar-refractivity contribution in [2.45, 2.75) is 51.9 Å². The van der Waals surface area contributed by atoms with Crippen LogP contribution < -0.4 is 16.6 Å². The zero-order valence-electron chi connectivity index (χ0n) is 14.7. The molecule has 0 spiro atoms. The lowest BCUT2D eigenvalue weighted by Gasteiger charge is -2.21. The molecule has 4 N–H and O–H groups in total. The van der Waals surface area contributed by atoms with E-state index < -0.39 is 29.6 Å². The molecule has 0 aliphatic heterocycles. The number of carbonyl (C=O) groups is 3. The molecule has 0 fully saturated rings. The van der Waals surface area contributed by atoms with Crippen LogP contribution in [0.15, 0.2) is 30.3 Å². The lowest BCUT2D eigenvalue weighted by Crippen LogP contribution is -2.49. The molecule has 1 aromatic carbocycles. The monoisotopic (exact) mass is 351 g/mol. The quantitative estimate of drug-likeness (QED) is 0.296. The van der Waals surface area contributed by atoms with Crippen LogP contribution in [-0.2, 0) is 25.7 Å². The van der Waals surface area contributed by atoms with E-state index in [1.807, 2.05) is 23.6 Å². The maximum atomic E-state index is 11.9. The highest BCUT2D eigenvalue weighted by Crippen LogP contribution is 2.10. The number of nitrogens with two attached hydrogens (primary N) is 1. The van der Waals surface area contributed by atoms with Crippen LogP contribution in [0.3, 0.4) is 0 Å². The smallest absolute Gasteiger partial charge is 0.408 e. The van der Waals surface area contributed by atoms with E-state index in [2.05, 4.69) is 5.32 Å². The predicted molar refractivity (Wildman–Crippen MR) is 91.0 cm³/mol. The largest absolute Gasteiger partial charge is 0.460 e. The maximum absolute atomic E-state index is 11.9. The van der Waals surface area contributed by atoms with E-state index >= 15 is 0 Å². The molecular weight excluding hydrogens is 326 g/mol. The number of nitrogens with one attached hydrogen (secondary N) is 2. The third kappa shape index (κ3) is 8.71. The van der Waals surface area contributed by atoms with Crippen LogP contribution in [0.4, 0.5) is 4.79 Å². The van der Waals surface area contributed by atoms with Crippen LogP contribution in [-0.4, -0.2) is 29.6 Å². The zero-order valence-corrected chi connectivity index (χ0v) is 14.7. The summed E-state index contributed by atoms with van der Waals surface area (Å²) < 4.78 is 10.2. The first-order chi connectivity index (χ1) is 11.7. The lowest BCUT2D eigenvalue weighted by molar-refractivity contribution is -0.155. The molecule has 1 rings (SSSR count). The van der Waals surface area contributed by atoms with Gasteiger partial charge in [-0.05, 0) is 32.8 Å². The summed E-state index contributed by atoms with van der Waals surface area (Å²) in [5.41, 5.74) is 2.15. The Bertz CT molecular complexity index is 584. The summed E-state index contributed by atoms with van der Waals surface area (Å²) in [6.07, 6.45) is -0.783. The van der Waals surface area contributed by atoms with E-state index in [9.17, 15) is 14.4 Å². The van der Waals surface area contributed by atoms with Crippen molar-refractivity contribution in [2.75, 3.05) is 0 Å². The molecular formula is C17H25N3O5. The van der Waals surface area contributed by atoms with Gasteiger partial charge in [-0.3, -0.25) is 15.0 Å². The molecule has 25 heavy (non-hydrogen) atoms. The van der Waals surface area contributed by atoms with E-state index in [0.717, 1.165) is 5.56 Å². The topological polar surface area (TPSA) is 120 Å². The second-order valence-electron chi connectivity index (χ2n) is 6.39. The summed E-state index contributed by atoms with van der Waals surface area (Å²) in [5, 5.41) is 2.40. The second-order valence-corrected chi connectivity index (χ2v) is 6.39. The van der Waals surface area contributed by atoms with E-state index in [-0.39, 0.29) is 19.4 Å². The van der Waals surface area contributed by atoms with Gasteiger partial charge in [-0.2, -0.15) is 0 Å². The molecule has 0 bridgehead atoms. The summed E-state index contributed by atoms with van der Waals surface area (Å²) in [6, 6.07) is 8.10. The fraction of sp³-hybridized carbons (Fsp3) is 0.471. The summed E-state index contributed by atoms with van der Waals surface area (Å²) in [4.78, 5) is 35.4. The molecule has 0 aliphatic rings. The van der Waals surface area contributed by atoms with Crippen molar-refractivity contribution >= 4 is 18.0 Å². The minimum Gasteiger partial charge on any atom is -0.460 e. The third-order valence-corrected chi connectivity index (χ3v) is 3.02. The van der Waals surface area contributed by atoms with Crippen molar-refractivity contribution in [1.29, 1.82) is 0 Å². The van der Waals surface area contributed by atoms with Gasteiger partial charge in [0.2, 0.25) is 0 Å². The molecule has 8 nitrogen and oxygen atoms in total. The standard InChI is InChI=1S/C17H25N3O5/c1-17(2,3)25-14(21)10-9-13(15(22)20-18)19-16(23)24-11-12-7-5-4-6-8-12/h4-8,13H,9-11,18H2,1-3H3,(H,19,23)(H,20,22)/t13-/m0/s1. The molecule has 0 saturated heterocycles. The summed E-state index contributed by atoms with van der Waals surface area (Å²) in [5.74, 6) is 4.02. The Balaban J connectivity index is 2.50. The highest BCUT2D eigenvalue weighted by atomic mass is 16.6. The number of rotatable bonds is 7. The molecule has 1 aromatic rings. The van der Waals surface area contributed by atoms with Crippen LogP contribution in [0, 0.1) is 0 Å². The van der Waals surface area contributed by atoms with Gasteiger partial charge in [-0.25, -0.2) is 10.6 Å². The predicted octanol–water partition coefficient (Wildman–Crippen LogP) is 1.39. The summed E-state index contributed by atoms with van der Waals surface area (Å²) in [6.45, 7) is 5.30. The Morgan fingerprint density at radius 2 is 1.80 bits per heavy atom. The van der Waals surface area contributed by atoms with Gasteiger partial charge in [0, 0.05) is 6.42 Å². The number of esters is 1. The van der Waals surface area contributed by atoms with Crippen LogP contribution in [0.5, 0.6) is 0 Å². The van der Waals surface area contributed by atoms with Gasteiger partial charge >= 0.3 is 12.1 Å². The minimum atomic E-state index is -0.999. The molecule has 0 saturated carbocycles. The minimum absolute atomic E-state index is 0.0401. The van der Waals surface area contributed by atoms with Gasteiger partial charge < -0.3 is 14.8 Å². The number of carbonyl (C=O) groups excluding carboxylic acids is 3. The number of benzene rings is 1. The van der Waals surface area contributed by atoms with E-state index in [4.69, 9.17) is 15.3 Å². The van der Waals surface area contributed by atoms with Crippen molar-refractivity contribution in [3.8, 4) is 0 Å². The Kier molecular flexibility index (Phi) is 7.87. The average molecular weight is 351 g/mol. The molecule has 138 valence electrons. The van der Waals surface area contributed by atoms with Crippen LogP contribution in [0.1, 0.15) is 39.2 Å². The first kappa shape index (κ1) is 20.4. The molecule has 2 amide bonds. The van der Waals surface area contributed by atoms with Gasteiger partial charge in [0.05, 0.1) is 0 Å². The zero-order chi connectivity index (χ0) is 18.9. The first-order valence-electron chi connectivity index (χ1n) is 7.91.